The maximum absolute atomic E-state index is 13.2. The van der Waals surface area contributed by atoms with Crippen LogP contribution in [0.25, 0.3) is 0 Å². The molecule has 1 fully saturated rings. The lowest BCUT2D eigenvalue weighted by Gasteiger charge is -2.31. The third-order valence-corrected chi connectivity index (χ3v) is 2.91. The van der Waals surface area contributed by atoms with Crippen LogP contribution in [0.1, 0.15) is 17.3 Å². The van der Waals surface area contributed by atoms with E-state index in [1.54, 1.807) is 6.92 Å². The molecule has 0 radical (unpaired) electrons. The fourth-order valence-electron chi connectivity index (χ4n) is 2.01. The fraction of sp³-hybridized carbons (Fsp3) is 0.417. The molecule has 0 saturated carbocycles. The number of benzene rings is 1. The van der Waals surface area contributed by atoms with Gasteiger partial charge in [0.2, 0.25) is 0 Å². The van der Waals surface area contributed by atoms with Crippen LogP contribution in [0.4, 0.5) is 10.1 Å². The summed E-state index contributed by atoms with van der Waals surface area (Å²) in [6, 6.07) is 2.88. The highest BCUT2D eigenvalue weighted by molar-refractivity contribution is 5.98. The molecule has 1 aliphatic heterocycles. The minimum absolute atomic E-state index is 0.134. The van der Waals surface area contributed by atoms with E-state index in [0.717, 1.165) is 18.2 Å². The van der Waals surface area contributed by atoms with Crippen molar-refractivity contribution in [2.24, 2.45) is 0 Å². The van der Waals surface area contributed by atoms with Gasteiger partial charge in [0.1, 0.15) is 11.4 Å². The van der Waals surface area contributed by atoms with Gasteiger partial charge in [-0.25, -0.2) is 4.39 Å². The SMILES string of the molecule is CC1CN(C(=O)c2cc(F)ccc2[N+](=O)[O-])CCO1. The van der Waals surface area contributed by atoms with Gasteiger partial charge in [0.25, 0.3) is 11.6 Å². The summed E-state index contributed by atoms with van der Waals surface area (Å²) >= 11 is 0. The van der Waals surface area contributed by atoms with Crippen molar-refractivity contribution in [3.63, 3.8) is 0 Å². The smallest absolute Gasteiger partial charge is 0.282 e. The van der Waals surface area contributed by atoms with Gasteiger partial charge in [-0.1, -0.05) is 0 Å². The Balaban J connectivity index is 2.32. The van der Waals surface area contributed by atoms with Gasteiger partial charge in [-0.3, -0.25) is 14.9 Å². The molecule has 0 aromatic heterocycles. The number of nitro groups is 1. The number of carbonyl (C=O) groups excluding carboxylic acids is 1. The molecular weight excluding hydrogens is 255 g/mol. The van der Waals surface area contributed by atoms with Crippen molar-refractivity contribution in [2.75, 3.05) is 19.7 Å². The Morgan fingerprint density at radius 3 is 2.95 bits per heavy atom. The summed E-state index contributed by atoms with van der Waals surface area (Å²) in [5.41, 5.74) is -0.607. The molecule has 0 N–H and O–H groups in total. The number of nitrogens with zero attached hydrogens (tertiary/aromatic N) is 2. The fourth-order valence-corrected chi connectivity index (χ4v) is 2.01. The largest absolute Gasteiger partial charge is 0.375 e. The highest BCUT2D eigenvalue weighted by atomic mass is 19.1. The Kier molecular flexibility index (Phi) is 3.75. The van der Waals surface area contributed by atoms with Crippen LogP contribution in [0.5, 0.6) is 0 Å². The molecule has 0 aliphatic carbocycles. The summed E-state index contributed by atoms with van der Waals surface area (Å²) in [7, 11) is 0. The molecule has 19 heavy (non-hydrogen) atoms. The molecule has 0 spiro atoms. The van der Waals surface area contributed by atoms with Gasteiger partial charge in [0.05, 0.1) is 17.6 Å². The summed E-state index contributed by atoms with van der Waals surface area (Å²) in [5.74, 6) is -1.21. The van der Waals surface area contributed by atoms with Crippen molar-refractivity contribution in [3.05, 3.63) is 39.7 Å². The van der Waals surface area contributed by atoms with Crippen molar-refractivity contribution in [3.8, 4) is 0 Å². The summed E-state index contributed by atoms with van der Waals surface area (Å²) < 4.78 is 18.5. The molecule has 102 valence electrons. The maximum atomic E-state index is 13.2. The van der Waals surface area contributed by atoms with Crippen molar-refractivity contribution in [2.45, 2.75) is 13.0 Å². The van der Waals surface area contributed by atoms with Crippen molar-refractivity contribution >= 4 is 11.6 Å². The third-order valence-electron chi connectivity index (χ3n) is 2.91. The predicted molar refractivity (Wildman–Crippen MR) is 64.4 cm³/mol. The Bertz CT molecular complexity index is 520. The van der Waals surface area contributed by atoms with E-state index >= 15 is 0 Å². The second-order valence-electron chi connectivity index (χ2n) is 4.35. The van der Waals surface area contributed by atoms with Crippen LogP contribution in [-0.2, 0) is 4.74 Å². The average molecular weight is 268 g/mol. The van der Waals surface area contributed by atoms with Crippen LogP contribution in [0.2, 0.25) is 0 Å². The monoisotopic (exact) mass is 268 g/mol. The van der Waals surface area contributed by atoms with E-state index in [4.69, 9.17) is 4.74 Å². The van der Waals surface area contributed by atoms with E-state index in [-0.39, 0.29) is 17.4 Å². The first-order chi connectivity index (χ1) is 8.99. The van der Waals surface area contributed by atoms with Crippen LogP contribution in [0.3, 0.4) is 0 Å². The number of hydrogen-bond donors (Lipinski definition) is 0. The highest BCUT2D eigenvalue weighted by Gasteiger charge is 2.28. The standard InChI is InChI=1S/C12H13FN2O4/c1-8-7-14(4-5-19-8)12(16)10-6-9(13)2-3-11(10)15(17)18/h2-3,6,8H,4-5,7H2,1H3. The lowest BCUT2D eigenvalue weighted by atomic mass is 10.1. The minimum Gasteiger partial charge on any atom is -0.375 e. The third kappa shape index (κ3) is 2.87. The number of nitro benzene ring substituents is 1. The molecule has 1 atom stereocenters. The minimum atomic E-state index is -0.684. The normalized spacial score (nSPS) is 19.3. The summed E-state index contributed by atoms with van der Waals surface area (Å²) in [4.78, 5) is 23.9. The van der Waals surface area contributed by atoms with E-state index in [1.807, 2.05) is 0 Å². The molecule has 1 aromatic carbocycles. The van der Waals surface area contributed by atoms with E-state index < -0.39 is 16.6 Å². The van der Waals surface area contributed by atoms with Crippen LogP contribution >= 0.6 is 0 Å². The zero-order chi connectivity index (χ0) is 14.0. The van der Waals surface area contributed by atoms with Crippen molar-refractivity contribution in [1.29, 1.82) is 0 Å². The average Bonchev–Trinajstić information content (AvgIpc) is 2.37. The van der Waals surface area contributed by atoms with Crippen LogP contribution in [0, 0.1) is 15.9 Å². The molecule has 7 heteroatoms. The Morgan fingerprint density at radius 2 is 2.32 bits per heavy atom. The van der Waals surface area contributed by atoms with Gasteiger partial charge in [0.15, 0.2) is 0 Å². The number of ether oxygens (including phenoxy) is 1. The van der Waals surface area contributed by atoms with Crippen molar-refractivity contribution in [1.82, 2.24) is 4.90 Å². The Labute approximate surface area is 108 Å². The quantitative estimate of drug-likeness (QED) is 0.603. The van der Waals surface area contributed by atoms with E-state index in [2.05, 4.69) is 0 Å². The first-order valence-corrected chi connectivity index (χ1v) is 5.84. The summed E-state index contributed by atoms with van der Waals surface area (Å²) in [6.45, 7) is 2.86. The van der Waals surface area contributed by atoms with E-state index in [0.29, 0.717) is 19.7 Å². The molecule has 1 aromatic rings. The lowest BCUT2D eigenvalue weighted by molar-refractivity contribution is -0.385. The zero-order valence-corrected chi connectivity index (χ0v) is 10.3. The highest BCUT2D eigenvalue weighted by Crippen LogP contribution is 2.22. The number of rotatable bonds is 2. The van der Waals surface area contributed by atoms with Crippen LogP contribution in [0.15, 0.2) is 18.2 Å². The molecular formula is C12H13FN2O4. The predicted octanol–water partition coefficient (Wildman–Crippen LogP) is 1.59. The van der Waals surface area contributed by atoms with E-state index in [1.165, 1.54) is 4.90 Å². The summed E-state index contributed by atoms with van der Waals surface area (Å²) in [5, 5.41) is 10.9. The number of morpholine rings is 1. The Morgan fingerprint density at radius 1 is 1.58 bits per heavy atom. The topological polar surface area (TPSA) is 72.7 Å². The number of carbonyl (C=O) groups is 1. The zero-order valence-electron chi connectivity index (χ0n) is 10.3. The lowest BCUT2D eigenvalue weighted by Crippen LogP contribution is -2.44. The molecule has 1 aliphatic rings. The second kappa shape index (κ2) is 5.31. The molecule has 2 rings (SSSR count). The van der Waals surface area contributed by atoms with E-state index in [9.17, 15) is 19.3 Å². The molecule has 6 nitrogen and oxygen atoms in total. The van der Waals surface area contributed by atoms with Crippen LogP contribution in [-0.4, -0.2) is 41.5 Å². The van der Waals surface area contributed by atoms with Gasteiger partial charge < -0.3 is 9.64 Å². The number of hydrogen-bond acceptors (Lipinski definition) is 4. The summed E-state index contributed by atoms with van der Waals surface area (Å²) in [6.07, 6.45) is -0.134. The van der Waals surface area contributed by atoms with Crippen molar-refractivity contribution < 1.29 is 18.8 Å². The van der Waals surface area contributed by atoms with Gasteiger partial charge in [-0.05, 0) is 19.1 Å². The number of amides is 1. The van der Waals surface area contributed by atoms with Crippen LogP contribution < -0.4 is 0 Å². The Hall–Kier alpha value is -2.02. The number of halogens is 1. The molecule has 1 saturated heterocycles. The first kappa shape index (κ1) is 13.4. The molecule has 1 heterocycles. The van der Waals surface area contributed by atoms with Gasteiger partial charge in [-0.2, -0.15) is 0 Å². The van der Waals surface area contributed by atoms with Gasteiger partial charge in [0, 0.05) is 19.2 Å². The maximum Gasteiger partial charge on any atom is 0.282 e. The molecule has 1 unspecified atom stereocenters. The van der Waals surface area contributed by atoms with Gasteiger partial charge >= 0.3 is 0 Å². The second-order valence-corrected chi connectivity index (χ2v) is 4.35. The van der Waals surface area contributed by atoms with Gasteiger partial charge in [-0.15, -0.1) is 0 Å². The first-order valence-electron chi connectivity index (χ1n) is 5.84. The molecule has 1 amide bonds. The molecule has 0 bridgehead atoms.